The van der Waals surface area contributed by atoms with Crippen molar-refractivity contribution in [3.63, 3.8) is 0 Å². The number of aryl methyl sites for hydroxylation is 1. The van der Waals surface area contributed by atoms with E-state index in [1.807, 2.05) is 25.1 Å². The predicted octanol–water partition coefficient (Wildman–Crippen LogP) is 2.82. The standard InChI is InChI=1S/C18H17N3O3S/c1-14-5-4-6-15(11-14)13-25(23,24)21-10-8-16(12-21)20-18(22)17-7-2-3-9-19-17/h2-12H,13H2,1H3,(H,20,22). The SMILES string of the molecule is Cc1cccc(CS(=O)(=O)n2ccc(NC(=O)c3ccccn3)c2)c1. The highest BCUT2D eigenvalue weighted by atomic mass is 32.2. The Labute approximate surface area is 146 Å². The van der Waals surface area contributed by atoms with Gasteiger partial charge in [0.1, 0.15) is 5.69 Å². The first-order chi connectivity index (χ1) is 11.9. The number of nitrogens with one attached hydrogen (secondary N) is 1. The van der Waals surface area contributed by atoms with Crippen LogP contribution in [-0.4, -0.2) is 23.3 Å². The molecule has 25 heavy (non-hydrogen) atoms. The molecule has 3 rings (SSSR count). The Morgan fingerprint density at radius 1 is 1.16 bits per heavy atom. The number of anilines is 1. The van der Waals surface area contributed by atoms with Crippen molar-refractivity contribution in [3.8, 4) is 0 Å². The second-order valence-corrected chi connectivity index (χ2v) is 7.52. The summed E-state index contributed by atoms with van der Waals surface area (Å²) in [6.45, 7) is 1.91. The molecular formula is C18H17N3O3S. The Hall–Kier alpha value is -2.93. The fourth-order valence-electron chi connectivity index (χ4n) is 2.40. The van der Waals surface area contributed by atoms with Crippen molar-refractivity contribution in [2.24, 2.45) is 0 Å². The number of nitrogens with zero attached hydrogens (tertiary/aromatic N) is 2. The molecule has 0 radical (unpaired) electrons. The van der Waals surface area contributed by atoms with E-state index in [9.17, 15) is 13.2 Å². The van der Waals surface area contributed by atoms with Gasteiger partial charge in [-0.2, -0.15) is 0 Å². The summed E-state index contributed by atoms with van der Waals surface area (Å²) < 4.78 is 26.2. The number of carbonyl (C=O) groups is 1. The maximum absolute atomic E-state index is 12.5. The van der Waals surface area contributed by atoms with E-state index in [0.29, 0.717) is 11.3 Å². The topological polar surface area (TPSA) is 81.1 Å². The number of amides is 1. The zero-order valence-corrected chi connectivity index (χ0v) is 14.4. The maximum Gasteiger partial charge on any atom is 0.274 e. The zero-order valence-electron chi connectivity index (χ0n) is 13.6. The number of hydrogen-bond donors (Lipinski definition) is 1. The molecule has 0 aliphatic heterocycles. The van der Waals surface area contributed by atoms with Crippen molar-refractivity contribution in [3.05, 3.63) is 83.9 Å². The van der Waals surface area contributed by atoms with E-state index >= 15 is 0 Å². The largest absolute Gasteiger partial charge is 0.319 e. The minimum Gasteiger partial charge on any atom is -0.319 e. The molecule has 2 heterocycles. The van der Waals surface area contributed by atoms with Crippen LogP contribution in [0.4, 0.5) is 5.69 Å². The summed E-state index contributed by atoms with van der Waals surface area (Å²) >= 11 is 0. The van der Waals surface area contributed by atoms with Crippen LogP contribution in [0.15, 0.2) is 67.1 Å². The molecule has 6 nitrogen and oxygen atoms in total. The van der Waals surface area contributed by atoms with Crippen LogP contribution in [0.1, 0.15) is 21.6 Å². The minimum absolute atomic E-state index is 0.114. The van der Waals surface area contributed by atoms with Crippen molar-refractivity contribution in [2.45, 2.75) is 12.7 Å². The van der Waals surface area contributed by atoms with E-state index < -0.39 is 15.9 Å². The Morgan fingerprint density at radius 3 is 2.72 bits per heavy atom. The average Bonchev–Trinajstić information content (AvgIpc) is 3.05. The monoisotopic (exact) mass is 355 g/mol. The Bertz CT molecular complexity index is 995. The molecule has 1 N–H and O–H groups in total. The van der Waals surface area contributed by atoms with E-state index in [4.69, 9.17) is 0 Å². The first kappa shape index (κ1) is 16.9. The van der Waals surface area contributed by atoms with Gasteiger partial charge < -0.3 is 5.32 Å². The number of rotatable bonds is 5. The molecule has 0 aliphatic carbocycles. The second-order valence-electron chi connectivity index (χ2n) is 5.64. The lowest BCUT2D eigenvalue weighted by molar-refractivity contribution is 0.102. The molecular weight excluding hydrogens is 338 g/mol. The van der Waals surface area contributed by atoms with E-state index in [1.54, 1.807) is 24.3 Å². The third kappa shape index (κ3) is 4.13. The molecule has 0 spiro atoms. The molecule has 0 fully saturated rings. The third-order valence-electron chi connectivity index (χ3n) is 3.58. The predicted molar refractivity (Wildman–Crippen MR) is 95.8 cm³/mol. The first-order valence-corrected chi connectivity index (χ1v) is 9.24. The maximum atomic E-state index is 12.5. The van der Waals surface area contributed by atoms with Crippen LogP contribution in [0.5, 0.6) is 0 Å². The zero-order chi connectivity index (χ0) is 17.9. The highest BCUT2D eigenvalue weighted by Crippen LogP contribution is 2.15. The average molecular weight is 355 g/mol. The molecule has 3 aromatic rings. The van der Waals surface area contributed by atoms with Crippen molar-refractivity contribution in [1.29, 1.82) is 0 Å². The molecule has 0 bridgehead atoms. The van der Waals surface area contributed by atoms with Crippen LogP contribution in [0.2, 0.25) is 0 Å². The number of pyridine rings is 1. The van der Waals surface area contributed by atoms with E-state index in [1.165, 1.54) is 24.7 Å². The van der Waals surface area contributed by atoms with Gasteiger partial charge in [0, 0.05) is 18.6 Å². The van der Waals surface area contributed by atoms with Crippen molar-refractivity contribution in [2.75, 3.05) is 5.32 Å². The van der Waals surface area contributed by atoms with Gasteiger partial charge in [-0.15, -0.1) is 0 Å². The molecule has 0 unspecified atom stereocenters. The summed E-state index contributed by atoms with van der Waals surface area (Å²) in [5.74, 6) is -0.508. The highest BCUT2D eigenvalue weighted by molar-refractivity contribution is 7.89. The summed E-state index contributed by atoms with van der Waals surface area (Å²) in [5.41, 5.74) is 2.37. The lowest BCUT2D eigenvalue weighted by atomic mass is 10.2. The van der Waals surface area contributed by atoms with E-state index in [2.05, 4.69) is 10.3 Å². The lowest BCUT2D eigenvalue weighted by Gasteiger charge is -2.06. The number of hydrogen-bond acceptors (Lipinski definition) is 4. The molecule has 0 saturated heterocycles. The van der Waals surface area contributed by atoms with Gasteiger partial charge in [0.15, 0.2) is 0 Å². The van der Waals surface area contributed by atoms with Gasteiger partial charge in [0.2, 0.25) is 10.0 Å². The molecule has 0 saturated carbocycles. The fourth-order valence-corrected chi connectivity index (χ4v) is 3.67. The number of benzene rings is 1. The van der Waals surface area contributed by atoms with Gasteiger partial charge in [-0.3, -0.25) is 13.8 Å². The van der Waals surface area contributed by atoms with Crippen LogP contribution in [0.25, 0.3) is 0 Å². The molecule has 128 valence electrons. The number of aromatic nitrogens is 2. The second kappa shape index (κ2) is 6.90. The summed E-state index contributed by atoms with van der Waals surface area (Å²) in [7, 11) is -3.56. The van der Waals surface area contributed by atoms with Gasteiger partial charge in [-0.25, -0.2) is 8.42 Å². The van der Waals surface area contributed by atoms with Crippen LogP contribution in [0, 0.1) is 6.92 Å². The normalized spacial score (nSPS) is 11.2. The van der Waals surface area contributed by atoms with Crippen LogP contribution >= 0.6 is 0 Å². The van der Waals surface area contributed by atoms with Crippen molar-refractivity contribution >= 4 is 21.6 Å². The van der Waals surface area contributed by atoms with Gasteiger partial charge in [-0.05, 0) is 30.7 Å². The Kier molecular flexibility index (Phi) is 4.67. The highest BCUT2D eigenvalue weighted by Gasteiger charge is 2.16. The molecule has 2 aromatic heterocycles. The van der Waals surface area contributed by atoms with Gasteiger partial charge >= 0.3 is 0 Å². The van der Waals surface area contributed by atoms with Crippen LogP contribution in [0.3, 0.4) is 0 Å². The van der Waals surface area contributed by atoms with E-state index in [-0.39, 0.29) is 11.4 Å². The summed E-state index contributed by atoms with van der Waals surface area (Å²) in [4.78, 5) is 16.0. The molecule has 1 amide bonds. The third-order valence-corrected chi connectivity index (χ3v) is 5.14. The molecule has 1 aromatic carbocycles. The quantitative estimate of drug-likeness (QED) is 0.763. The Morgan fingerprint density at radius 2 is 2.00 bits per heavy atom. The molecule has 0 aliphatic rings. The fraction of sp³-hybridized carbons (Fsp3) is 0.111. The molecule has 7 heteroatoms. The van der Waals surface area contributed by atoms with Crippen molar-refractivity contribution in [1.82, 2.24) is 8.96 Å². The Balaban J connectivity index is 1.75. The summed E-state index contributed by atoms with van der Waals surface area (Å²) in [6.07, 6.45) is 4.32. The van der Waals surface area contributed by atoms with Gasteiger partial charge in [-0.1, -0.05) is 35.9 Å². The lowest BCUT2D eigenvalue weighted by Crippen LogP contribution is -2.15. The smallest absolute Gasteiger partial charge is 0.274 e. The summed E-state index contributed by atoms with van der Waals surface area (Å²) in [5, 5.41) is 2.64. The van der Waals surface area contributed by atoms with Gasteiger partial charge in [0.25, 0.3) is 5.91 Å². The minimum atomic E-state index is -3.56. The molecule has 0 atom stereocenters. The van der Waals surface area contributed by atoms with Crippen LogP contribution < -0.4 is 5.32 Å². The first-order valence-electron chi connectivity index (χ1n) is 7.63. The summed E-state index contributed by atoms with van der Waals surface area (Å²) in [6, 6.07) is 13.9. The van der Waals surface area contributed by atoms with Crippen LogP contribution in [-0.2, 0) is 15.8 Å². The number of carbonyl (C=O) groups excluding carboxylic acids is 1. The van der Waals surface area contributed by atoms with Crippen molar-refractivity contribution < 1.29 is 13.2 Å². The van der Waals surface area contributed by atoms with E-state index in [0.717, 1.165) is 9.54 Å². The van der Waals surface area contributed by atoms with Gasteiger partial charge in [0.05, 0.1) is 11.4 Å².